The monoisotopic (exact) mass is 370 g/mol. The lowest BCUT2D eigenvalue weighted by atomic mass is 10.3. The normalized spacial score (nSPS) is 12.7. The third-order valence-electron chi connectivity index (χ3n) is 3.75. The first-order valence-corrected chi connectivity index (χ1v) is 8.20. The molecule has 2 N–H and O–H groups in total. The van der Waals surface area contributed by atoms with Crippen LogP contribution < -0.4 is 10.6 Å². The number of anilines is 1. The summed E-state index contributed by atoms with van der Waals surface area (Å²) in [5.41, 5.74) is -0.758. The molecule has 0 fully saturated rings. The summed E-state index contributed by atoms with van der Waals surface area (Å²) >= 11 is 0. The van der Waals surface area contributed by atoms with Crippen molar-refractivity contribution in [2.75, 3.05) is 11.9 Å². The zero-order valence-electron chi connectivity index (χ0n) is 14.8. The van der Waals surface area contributed by atoms with E-state index in [0.29, 0.717) is 5.82 Å². The molecule has 10 heteroatoms. The van der Waals surface area contributed by atoms with Crippen LogP contribution in [0, 0.1) is 6.92 Å². The predicted molar refractivity (Wildman–Crippen MR) is 89.7 cm³/mol. The van der Waals surface area contributed by atoms with Crippen LogP contribution in [-0.4, -0.2) is 32.3 Å². The third kappa shape index (κ3) is 5.17. The first kappa shape index (κ1) is 19.7. The van der Waals surface area contributed by atoms with Crippen molar-refractivity contribution in [2.24, 2.45) is 0 Å². The quantitative estimate of drug-likeness (QED) is 0.817. The number of hydrogen-bond acceptors (Lipinski definition) is 4. The van der Waals surface area contributed by atoms with E-state index in [1.165, 1.54) is 6.92 Å². The first-order chi connectivity index (χ1) is 12.2. The Labute approximate surface area is 149 Å². The predicted octanol–water partition coefficient (Wildman–Crippen LogP) is 3.34. The number of halogens is 3. The van der Waals surface area contributed by atoms with E-state index in [1.54, 1.807) is 16.9 Å². The van der Waals surface area contributed by atoms with Crippen molar-refractivity contribution in [2.45, 2.75) is 45.8 Å². The van der Waals surface area contributed by atoms with E-state index >= 15 is 0 Å². The van der Waals surface area contributed by atoms with Crippen molar-refractivity contribution < 1.29 is 18.0 Å². The highest BCUT2D eigenvalue weighted by Crippen LogP contribution is 2.27. The molecule has 0 saturated heterocycles. The van der Waals surface area contributed by atoms with Crippen molar-refractivity contribution in [3.05, 3.63) is 35.5 Å². The van der Waals surface area contributed by atoms with Gasteiger partial charge < -0.3 is 5.32 Å². The Balaban J connectivity index is 1.91. The molecule has 0 aliphatic rings. The molecule has 2 aromatic heterocycles. The summed E-state index contributed by atoms with van der Waals surface area (Å²) in [7, 11) is 0. The molecule has 2 amide bonds. The molecular weight excluding hydrogens is 349 g/mol. The van der Waals surface area contributed by atoms with E-state index < -0.39 is 17.9 Å². The van der Waals surface area contributed by atoms with Crippen LogP contribution in [0.5, 0.6) is 0 Å². The standard InChI is InChI=1S/C16H21F3N6O/c1-4-11(3)25-14(6-8-21-25)24-15(26)20-7-5-13-22-10(2)9-12(23-13)16(17,18)19/h6,8-9,11H,4-5,7H2,1-3H3,(H2,20,24,26). The van der Waals surface area contributed by atoms with Crippen molar-refractivity contribution in [1.29, 1.82) is 0 Å². The van der Waals surface area contributed by atoms with Crippen LogP contribution >= 0.6 is 0 Å². The van der Waals surface area contributed by atoms with E-state index in [1.807, 2.05) is 13.8 Å². The van der Waals surface area contributed by atoms with Crippen LogP contribution in [0.2, 0.25) is 0 Å². The zero-order chi connectivity index (χ0) is 19.3. The highest BCUT2D eigenvalue weighted by molar-refractivity contribution is 5.88. The van der Waals surface area contributed by atoms with E-state index in [2.05, 4.69) is 25.7 Å². The molecule has 7 nitrogen and oxygen atoms in total. The first-order valence-electron chi connectivity index (χ1n) is 8.20. The van der Waals surface area contributed by atoms with E-state index in [9.17, 15) is 18.0 Å². The molecule has 2 heterocycles. The van der Waals surface area contributed by atoms with Gasteiger partial charge >= 0.3 is 12.2 Å². The summed E-state index contributed by atoms with van der Waals surface area (Å²) in [6, 6.07) is 2.21. The summed E-state index contributed by atoms with van der Waals surface area (Å²) in [5.74, 6) is 0.574. The highest BCUT2D eigenvalue weighted by atomic mass is 19.4. The number of alkyl halides is 3. The molecule has 0 aliphatic carbocycles. The maximum atomic E-state index is 12.8. The van der Waals surface area contributed by atoms with Crippen LogP contribution in [0.4, 0.5) is 23.8 Å². The molecule has 0 bridgehead atoms. The highest BCUT2D eigenvalue weighted by Gasteiger charge is 2.33. The molecule has 2 rings (SSSR count). The lowest BCUT2D eigenvalue weighted by Gasteiger charge is -2.14. The number of carbonyl (C=O) groups excluding carboxylic acids is 1. The summed E-state index contributed by atoms with van der Waals surface area (Å²) in [6.07, 6.45) is -2.00. The Morgan fingerprint density at radius 1 is 1.35 bits per heavy atom. The number of amides is 2. The van der Waals surface area contributed by atoms with Crippen LogP contribution in [0.1, 0.15) is 43.5 Å². The fourth-order valence-corrected chi connectivity index (χ4v) is 2.27. The lowest BCUT2D eigenvalue weighted by Crippen LogP contribution is -2.32. The average Bonchev–Trinajstić information content (AvgIpc) is 3.00. The third-order valence-corrected chi connectivity index (χ3v) is 3.75. The van der Waals surface area contributed by atoms with Gasteiger partial charge in [0.2, 0.25) is 0 Å². The fourth-order valence-electron chi connectivity index (χ4n) is 2.27. The second-order valence-corrected chi connectivity index (χ2v) is 5.86. The molecule has 0 saturated carbocycles. The molecule has 0 aliphatic heterocycles. The van der Waals surface area contributed by atoms with Crippen molar-refractivity contribution in [1.82, 2.24) is 25.1 Å². The van der Waals surface area contributed by atoms with Crippen LogP contribution in [0.3, 0.4) is 0 Å². The Morgan fingerprint density at radius 2 is 2.08 bits per heavy atom. The van der Waals surface area contributed by atoms with Gasteiger partial charge in [-0.3, -0.25) is 5.32 Å². The number of aromatic nitrogens is 4. The Kier molecular flexibility index (Phi) is 6.17. The largest absolute Gasteiger partial charge is 0.433 e. The molecule has 0 radical (unpaired) electrons. The molecular formula is C16H21F3N6O. The number of rotatable bonds is 6. The fraction of sp³-hybridized carbons (Fsp3) is 0.500. The second kappa shape index (κ2) is 8.15. The smallest absolute Gasteiger partial charge is 0.337 e. The zero-order valence-corrected chi connectivity index (χ0v) is 14.8. The maximum Gasteiger partial charge on any atom is 0.433 e. The van der Waals surface area contributed by atoms with Gasteiger partial charge in [0.25, 0.3) is 0 Å². The molecule has 142 valence electrons. The topological polar surface area (TPSA) is 84.7 Å². The molecule has 0 aromatic carbocycles. The molecule has 1 atom stereocenters. The maximum absolute atomic E-state index is 12.8. The number of nitrogens with zero attached hydrogens (tertiary/aromatic N) is 4. The second-order valence-electron chi connectivity index (χ2n) is 5.86. The minimum Gasteiger partial charge on any atom is -0.337 e. The number of urea groups is 1. The van der Waals surface area contributed by atoms with Gasteiger partial charge in [0, 0.05) is 24.7 Å². The number of nitrogens with one attached hydrogen (secondary N) is 2. The summed E-state index contributed by atoms with van der Waals surface area (Å²) < 4.78 is 40.0. The molecule has 26 heavy (non-hydrogen) atoms. The van der Waals surface area contributed by atoms with Crippen LogP contribution in [0.15, 0.2) is 18.3 Å². The Morgan fingerprint density at radius 3 is 2.73 bits per heavy atom. The summed E-state index contributed by atoms with van der Waals surface area (Å²) in [6.45, 7) is 5.55. The minimum absolute atomic E-state index is 0.0299. The van der Waals surface area contributed by atoms with Crippen molar-refractivity contribution in [3.63, 3.8) is 0 Å². The van der Waals surface area contributed by atoms with Gasteiger partial charge in [-0.1, -0.05) is 6.92 Å². The van der Waals surface area contributed by atoms with Gasteiger partial charge in [-0.05, 0) is 26.3 Å². The average molecular weight is 370 g/mol. The lowest BCUT2D eigenvalue weighted by molar-refractivity contribution is -0.141. The van der Waals surface area contributed by atoms with Gasteiger partial charge in [0.15, 0.2) is 0 Å². The van der Waals surface area contributed by atoms with E-state index in [-0.39, 0.29) is 30.5 Å². The summed E-state index contributed by atoms with van der Waals surface area (Å²) in [4.78, 5) is 19.4. The number of aryl methyl sites for hydroxylation is 1. The Bertz CT molecular complexity index is 759. The summed E-state index contributed by atoms with van der Waals surface area (Å²) in [5, 5.41) is 9.41. The Hall–Kier alpha value is -2.65. The van der Waals surface area contributed by atoms with Crippen LogP contribution in [0.25, 0.3) is 0 Å². The molecule has 0 spiro atoms. The SMILES string of the molecule is CCC(C)n1nccc1NC(=O)NCCc1nc(C)cc(C(F)(F)F)n1. The van der Waals surface area contributed by atoms with E-state index in [0.717, 1.165) is 12.5 Å². The molecule has 1 unspecified atom stereocenters. The number of carbonyl (C=O) groups is 1. The van der Waals surface area contributed by atoms with Crippen LogP contribution in [-0.2, 0) is 12.6 Å². The van der Waals surface area contributed by atoms with Gasteiger partial charge in [0.05, 0.1) is 12.2 Å². The van der Waals surface area contributed by atoms with Gasteiger partial charge in [-0.2, -0.15) is 18.3 Å². The molecule has 2 aromatic rings. The van der Waals surface area contributed by atoms with Gasteiger partial charge in [-0.15, -0.1) is 0 Å². The minimum atomic E-state index is -4.53. The van der Waals surface area contributed by atoms with Crippen molar-refractivity contribution in [3.8, 4) is 0 Å². The van der Waals surface area contributed by atoms with Gasteiger partial charge in [0.1, 0.15) is 17.3 Å². The van der Waals surface area contributed by atoms with Gasteiger partial charge in [-0.25, -0.2) is 19.4 Å². The number of hydrogen-bond donors (Lipinski definition) is 2. The van der Waals surface area contributed by atoms with Crippen molar-refractivity contribution >= 4 is 11.8 Å². The van der Waals surface area contributed by atoms with E-state index in [4.69, 9.17) is 0 Å².